The molecule has 5 heteroatoms. The van der Waals surface area contributed by atoms with E-state index in [-0.39, 0.29) is 11.8 Å². The molecule has 1 aromatic rings. The van der Waals surface area contributed by atoms with Gasteiger partial charge in [0, 0.05) is 32.6 Å². The summed E-state index contributed by atoms with van der Waals surface area (Å²) in [6.07, 6.45) is 0.950. The molecule has 0 aromatic heterocycles. The van der Waals surface area contributed by atoms with Crippen molar-refractivity contribution in [1.29, 1.82) is 0 Å². The fraction of sp³-hybridized carbons (Fsp3) is 0.500. The molecular formula is C16H26N4O. The van der Waals surface area contributed by atoms with Crippen LogP contribution in [0.1, 0.15) is 19.4 Å². The lowest BCUT2D eigenvalue weighted by Crippen LogP contribution is -2.42. The average molecular weight is 290 g/mol. The van der Waals surface area contributed by atoms with Crippen LogP contribution in [0.3, 0.4) is 0 Å². The van der Waals surface area contributed by atoms with E-state index in [2.05, 4.69) is 33.1 Å². The molecule has 0 fully saturated rings. The van der Waals surface area contributed by atoms with Crippen LogP contribution < -0.4 is 16.0 Å². The van der Waals surface area contributed by atoms with Gasteiger partial charge in [-0.15, -0.1) is 0 Å². The molecule has 0 saturated carbocycles. The van der Waals surface area contributed by atoms with Crippen molar-refractivity contribution >= 4 is 11.9 Å². The molecule has 1 amide bonds. The van der Waals surface area contributed by atoms with E-state index < -0.39 is 0 Å². The summed E-state index contributed by atoms with van der Waals surface area (Å²) in [5, 5.41) is 9.29. The van der Waals surface area contributed by atoms with Crippen LogP contribution in [0.25, 0.3) is 0 Å². The molecule has 116 valence electrons. The number of amides is 1. The van der Waals surface area contributed by atoms with Gasteiger partial charge in [0.1, 0.15) is 0 Å². The summed E-state index contributed by atoms with van der Waals surface area (Å²) in [7, 11) is 1.74. The monoisotopic (exact) mass is 290 g/mol. The van der Waals surface area contributed by atoms with Gasteiger partial charge in [-0.05, 0) is 12.0 Å². The molecule has 0 spiro atoms. The van der Waals surface area contributed by atoms with Crippen molar-refractivity contribution in [3.05, 3.63) is 35.9 Å². The second-order valence-electron chi connectivity index (χ2n) is 5.11. The molecule has 0 aliphatic rings. The first kappa shape index (κ1) is 17.0. The van der Waals surface area contributed by atoms with Crippen molar-refractivity contribution in [2.24, 2.45) is 10.9 Å². The molecule has 0 aliphatic heterocycles. The number of carbonyl (C=O) groups is 1. The SMILES string of the molecule is CN=C(NCCNC(=O)C(C)C)NCCc1ccccc1. The van der Waals surface area contributed by atoms with Crippen molar-refractivity contribution < 1.29 is 4.79 Å². The number of hydrogen-bond donors (Lipinski definition) is 3. The second kappa shape index (κ2) is 9.80. The minimum Gasteiger partial charge on any atom is -0.356 e. The number of aliphatic imine (C=N–C) groups is 1. The van der Waals surface area contributed by atoms with Crippen LogP contribution in [-0.4, -0.2) is 38.5 Å². The van der Waals surface area contributed by atoms with E-state index >= 15 is 0 Å². The third-order valence-corrected chi connectivity index (χ3v) is 3.01. The van der Waals surface area contributed by atoms with E-state index in [0.29, 0.717) is 13.1 Å². The minimum atomic E-state index is 0.0216. The first-order chi connectivity index (χ1) is 10.1. The predicted octanol–water partition coefficient (Wildman–Crippen LogP) is 1.17. The Balaban J connectivity index is 2.16. The van der Waals surface area contributed by atoms with Crippen LogP contribution in [0.4, 0.5) is 0 Å². The first-order valence-corrected chi connectivity index (χ1v) is 7.39. The molecule has 21 heavy (non-hydrogen) atoms. The lowest BCUT2D eigenvalue weighted by molar-refractivity contribution is -0.123. The Morgan fingerprint density at radius 2 is 1.67 bits per heavy atom. The molecule has 3 N–H and O–H groups in total. The lowest BCUT2D eigenvalue weighted by Gasteiger charge is -2.13. The van der Waals surface area contributed by atoms with Gasteiger partial charge in [0.25, 0.3) is 0 Å². The Morgan fingerprint density at radius 1 is 1.05 bits per heavy atom. The molecule has 0 atom stereocenters. The topological polar surface area (TPSA) is 65.5 Å². The molecule has 0 unspecified atom stereocenters. The molecule has 1 rings (SSSR count). The third-order valence-electron chi connectivity index (χ3n) is 3.01. The predicted molar refractivity (Wildman–Crippen MR) is 87.4 cm³/mol. The van der Waals surface area contributed by atoms with E-state index in [1.54, 1.807) is 7.05 Å². The quantitative estimate of drug-likeness (QED) is 0.401. The zero-order valence-corrected chi connectivity index (χ0v) is 13.1. The van der Waals surface area contributed by atoms with Crippen molar-refractivity contribution in [3.8, 4) is 0 Å². The van der Waals surface area contributed by atoms with Crippen molar-refractivity contribution in [1.82, 2.24) is 16.0 Å². The van der Waals surface area contributed by atoms with Crippen molar-refractivity contribution in [3.63, 3.8) is 0 Å². The zero-order valence-electron chi connectivity index (χ0n) is 13.1. The summed E-state index contributed by atoms with van der Waals surface area (Å²) in [6, 6.07) is 10.3. The molecular weight excluding hydrogens is 264 g/mol. The van der Waals surface area contributed by atoms with E-state index in [1.165, 1.54) is 5.56 Å². The summed E-state index contributed by atoms with van der Waals surface area (Å²) < 4.78 is 0. The first-order valence-electron chi connectivity index (χ1n) is 7.39. The Hall–Kier alpha value is -2.04. The molecule has 0 radical (unpaired) electrons. The number of rotatable bonds is 7. The fourth-order valence-electron chi connectivity index (χ4n) is 1.76. The largest absolute Gasteiger partial charge is 0.356 e. The minimum absolute atomic E-state index is 0.0216. The van der Waals surface area contributed by atoms with Gasteiger partial charge in [-0.2, -0.15) is 0 Å². The fourth-order valence-corrected chi connectivity index (χ4v) is 1.76. The smallest absolute Gasteiger partial charge is 0.222 e. The molecule has 0 saturated heterocycles. The average Bonchev–Trinajstić information content (AvgIpc) is 2.50. The maximum Gasteiger partial charge on any atom is 0.222 e. The Morgan fingerprint density at radius 3 is 2.29 bits per heavy atom. The summed E-state index contributed by atoms with van der Waals surface area (Å²) in [5.41, 5.74) is 1.30. The highest BCUT2D eigenvalue weighted by Gasteiger charge is 2.05. The van der Waals surface area contributed by atoms with E-state index in [9.17, 15) is 4.79 Å². The van der Waals surface area contributed by atoms with Gasteiger partial charge in [0.2, 0.25) is 5.91 Å². The summed E-state index contributed by atoms with van der Waals surface area (Å²) in [6.45, 7) is 5.83. The molecule has 0 heterocycles. The highest BCUT2D eigenvalue weighted by molar-refractivity contribution is 5.80. The maximum atomic E-state index is 11.4. The standard InChI is InChI=1S/C16H26N4O/c1-13(2)15(21)18-11-12-20-16(17-3)19-10-9-14-7-5-4-6-8-14/h4-8,13H,9-12H2,1-3H3,(H,18,21)(H2,17,19,20). The Bertz CT molecular complexity index is 443. The van der Waals surface area contributed by atoms with Crippen LogP contribution in [0.15, 0.2) is 35.3 Å². The van der Waals surface area contributed by atoms with Crippen LogP contribution >= 0.6 is 0 Å². The number of benzene rings is 1. The van der Waals surface area contributed by atoms with Crippen LogP contribution in [0.2, 0.25) is 0 Å². The van der Waals surface area contributed by atoms with Gasteiger partial charge in [-0.25, -0.2) is 0 Å². The summed E-state index contributed by atoms with van der Waals surface area (Å²) >= 11 is 0. The van der Waals surface area contributed by atoms with Gasteiger partial charge in [-0.1, -0.05) is 44.2 Å². The number of guanidine groups is 1. The lowest BCUT2D eigenvalue weighted by atomic mass is 10.1. The van der Waals surface area contributed by atoms with Gasteiger partial charge < -0.3 is 16.0 Å². The molecule has 1 aromatic carbocycles. The van der Waals surface area contributed by atoms with Crippen LogP contribution in [-0.2, 0) is 11.2 Å². The second-order valence-corrected chi connectivity index (χ2v) is 5.11. The normalized spacial score (nSPS) is 11.3. The van der Waals surface area contributed by atoms with Crippen molar-refractivity contribution in [2.75, 3.05) is 26.7 Å². The zero-order chi connectivity index (χ0) is 15.5. The van der Waals surface area contributed by atoms with Gasteiger partial charge in [-0.3, -0.25) is 9.79 Å². The van der Waals surface area contributed by atoms with E-state index in [0.717, 1.165) is 18.9 Å². The maximum absolute atomic E-state index is 11.4. The van der Waals surface area contributed by atoms with E-state index in [1.807, 2.05) is 32.0 Å². The Labute approximate surface area is 127 Å². The number of hydrogen-bond acceptors (Lipinski definition) is 2. The highest BCUT2D eigenvalue weighted by atomic mass is 16.1. The third kappa shape index (κ3) is 7.34. The number of carbonyl (C=O) groups excluding carboxylic acids is 1. The summed E-state index contributed by atoms with van der Waals surface area (Å²) in [5.74, 6) is 0.849. The number of nitrogens with one attached hydrogen (secondary N) is 3. The number of nitrogens with zero attached hydrogens (tertiary/aromatic N) is 1. The summed E-state index contributed by atoms with van der Waals surface area (Å²) in [4.78, 5) is 15.6. The molecule has 5 nitrogen and oxygen atoms in total. The van der Waals surface area contributed by atoms with Gasteiger partial charge >= 0.3 is 0 Å². The van der Waals surface area contributed by atoms with Crippen molar-refractivity contribution in [2.45, 2.75) is 20.3 Å². The molecule has 0 bridgehead atoms. The van der Waals surface area contributed by atoms with Crippen LogP contribution in [0.5, 0.6) is 0 Å². The highest BCUT2D eigenvalue weighted by Crippen LogP contribution is 1.97. The Kier molecular flexibility index (Phi) is 7.94. The van der Waals surface area contributed by atoms with Crippen LogP contribution in [0, 0.1) is 5.92 Å². The molecule has 0 aliphatic carbocycles. The van der Waals surface area contributed by atoms with E-state index in [4.69, 9.17) is 0 Å². The van der Waals surface area contributed by atoms with Gasteiger partial charge in [0.15, 0.2) is 5.96 Å². The van der Waals surface area contributed by atoms with Gasteiger partial charge in [0.05, 0.1) is 0 Å².